The van der Waals surface area contributed by atoms with E-state index < -0.39 is 0 Å². The predicted octanol–water partition coefficient (Wildman–Crippen LogP) is 0.00220. The number of carbonyl (C=O) groups excluding carboxylic acids is 2. The Morgan fingerprint density at radius 3 is 2.31 bits per heavy atom. The summed E-state index contributed by atoms with van der Waals surface area (Å²) in [5.41, 5.74) is 5.37. The highest BCUT2D eigenvalue weighted by atomic mass is 16.2. The molecule has 5 nitrogen and oxygen atoms in total. The van der Waals surface area contributed by atoms with Gasteiger partial charge in [-0.25, -0.2) is 0 Å². The summed E-state index contributed by atoms with van der Waals surface area (Å²) in [5.74, 6) is 0.253. The fraction of sp³-hybridized carbons (Fsp3) is 0.818. The molecule has 0 fully saturated rings. The van der Waals surface area contributed by atoms with Gasteiger partial charge in [0.2, 0.25) is 11.8 Å². The van der Waals surface area contributed by atoms with Gasteiger partial charge in [-0.3, -0.25) is 9.59 Å². The minimum absolute atomic E-state index is 0.00493. The van der Waals surface area contributed by atoms with Crippen molar-refractivity contribution in [2.45, 2.75) is 39.7 Å². The molecular formula is C11H23N3O2. The molecule has 0 bridgehead atoms. The third-order valence-electron chi connectivity index (χ3n) is 2.03. The summed E-state index contributed by atoms with van der Waals surface area (Å²) in [7, 11) is 0. The highest BCUT2D eigenvalue weighted by molar-refractivity contribution is 5.79. The van der Waals surface area contributed by atoms with Crippen molar-refractivity contribution in [2.24, 2.45) is 11.7 Å². The summed E-state index contributed by atoms with van der Waals surface area (Å²) in [6.07, 6.45) is 0.801. The number of rotatable bonds is 7. The minimum Gasteiger partial charge on any atom is -0.356 e. The maximum absolute atomic E-state index is 11.3. The van der Waals surface area contributed by atoms with Gasteiger partial charge in [-0.15, -0.1) is 0 Å². The van der Waals surface area contributed by atoms with Gasteiger partial charge in [0.25, 0.3) is 0 Å². The van der Waals surface area contributed by atoms with Crippen LogP contribution in [0.1, 0.15) is 33.6 Å². The molecule has 16 heavy (non-hydrogen) atoms. The number of amides is 2. The molecule has 0 unspecified atom stereocenters. The SMILES string of the molecule is CC(C)CC(=O)NCCC(=O)N[C@@H](C)CN. The van der Waals surface area contributed by atoms with Crippen LogP contribution in [0.4, 0.5) is 0 Å². The van der Waals surface area contributed by atoms with E-state index >= 15 is 0 Å². The molecule has 0 aliphatic heterocycles. The third-order valence-corrected chi connectivity index (χ3v) is 2.03. The van der Waals surface area contributed by atoms with E-state index in [2.05, 4.69) is 10.6 Å². The molecule has 0 aromatic carbocycles. The maximum atomic E-state index is 11.3. The molecule has 4 N–H and O–H groups in total. The van der Waals surface area contributed by atoms with Crippen molar-refractivity contribution in [1.29, 1.82) is 0 Å². The van der Waals surface area contributed by atoms with E-state index in [0.717, 1.165) is 0 Å². The first-order chi connectivity index (χ1) is 7.45. The zero-order chi connectivity index (χ0) is 12.6. The zero-order valence-electron chi connectivity index (χ0n) is 10.4. The molecule has 0 radical (unpaired) electrons. The van der Waals surface area contributed by atoms with Gasteiger partial charge in [-0.1, -0.05) is 13.8 Å². The molecule has 0 spiro atoms. The monoisotopic (exact) mass is 229 g/mol. The fourth-order valence-corrected chi connectivity index (χ4v) is 1.16. The molecule has 0 saturated heterocycles. The average molecular weight is 229 g/mol. The Morgan fingerprint density at radius 2 is 1.81 bits per heavy atom. The summed E-state index contributed by atoms with van der Waals surface area (Å²) in [4.78, 5) is 22.5. The van der Waals surface area contributed by atoms with Gasteiger partial charge in [0.1, 0.15) is 0 Å². The van der Waals surface area contributed by atoms with Gasteiger partial charge < -0.3 is 16.4 Å². The van der Waals surface area contributed by atoms with Gasteiger partial charge in [-0.05, 0) is 12.8 Å². The first-order valence-corrected chi connectivity index (χ1v) is 5.71. The highest BCUT2D eigenvalue weighted by Crippen LogP contribution is 1.97. The molecule has 94 valence electrons. The van der Waals surface area contributed by atoms with Crippen LogP contribution in [-0.2, 0) is 9.59 Å². The lowest BCUT2D eigenvalue weighted by Gasteiger charge is -2.11. The fourth-order valence-electron chi connectivity index (χ4n) is 1.16. The lowest BCUT2D eigenvalue weighted by molar-refractivity contribution is -0.122. The molecule has 5 heteroatoms. The van der Waals surface area contributed by atoms with E-state index in [1.807, 2.05) is 20.8 Å². The smallest absolute Gasteiger partial charge is 0.222 e. The zero-order valence-corrected chi connectivity index (χ0v) is 10.4. The van der Waals surface area contributed by atoms with Crippen LogP contribution in [0.15, 0.2) is 0 Å². The van der Waals surface area contributed by atoms with Gasteiger partial charge in [0.15, 0.2) is 0 Å². The number of nitrogens with two attached hydrogens (primary N) is 1. The standard InChI is InChI=1S/C11H23N3O2/c1-8(2)6-11(16)13-5-4-10(15)14-9(3)7-12/h8-9H,4-7,12H2,1-3H3,(H,13,16)(H,14,15)/t9-/m0/s1. The largest absolute Gasteiger partial charge is 0.356 e. The first kappa shape index (κ1) is 14.9. The van der Waals surface area contributed by atoms with Crippen LogP contribution in [0.3, 0.4) is 0 Å². The Bertz CT molecular complexity index is 229. The maximum Gasteiger partial charge on any atom is 0.222 e. The van der Waals surface area contributed by atoms with Crippen molar-refractivity contribution in [3.8, 4) is 0 Å². The highest BCUT2D eigenvalue weighted by Gasteiger charge is 2.07. The first-order valence-electron chi connectivity index (χ1n) is 5.71. The summed E-state index contributed by atoms with van der Waals surface area (Å²) >= 11 is 0. The molecule has 0 saturated carbocycles. The van der Waals surface area contributed by atoms with Gasteiger partial charge in [0, 0.05) is 32.0 Å². The Labute approximate surface area is 97.2 Å². The van der Waals surface area contributed by atoms with E-state index in [1.54, 1.807) is 0 Å². The Hall–Kier alpha value is -1.10. The summed E-state index contributed by atoms with van der Waals surface area (Å²) < 4.78 is 0. The normalized spacial score (nSPS) is 12.3. The third kappa shape index (κ3) is 8.23. The van der Waals surface area contributed by atoms with Crippen LogP contribution in [0.2, 0.25) is 0 Å². The van der Waals surface area contributed by atoms with Crippen LogP contribution in [0, 0.1) is 5.92 Å². The van der Waals surface area contributed by atoms with E-state index in [1.165, 1.54) is 0 Å². The molecule has 2 amide bonds. The number of hydrogen-bond acceptors (Lipinski definition) is 3. The summed E-state index contributed by atoms with van der Waals surface area (Å²) in [6.45, 7) is 6.61. The van der Waals surface area contributed by atoms with Crippen LogP contribution >= 0.6 is 0 Å². The Balaban J connectivity index is 3.58. The van der Waals surface area contributed by atoms with Crippen molar-refractivity contribution in [2.75, 3.05) is 13.1 Å². The van der Waals surface area contributed by atoms with Gasteiger partial charge >= 0.3 is 0 Å². The van der Waals surface area contributed by atoms with Gasteiger partial charge in [-0.2, -0.15) is 0 Å². The predicted molar refractivity (Wildman–Crippen MR) is 63.7 cm³/mol. The van der Waals surface area contributed by atoms with E-state index in [-0.39, 0.29) is 17.9 Å². The van der Waals surface area contributed by atoms with E-state index in [9.17, 15) is 9.59 Å². The number of carbonyl (C=O) groups is 2. The molecule has 0 rings (SSSR count). The Morgan fingerprint density at radius 1 is 1.19 bits per heavy atom. The number of nitrogens with one attached hydrogen (secondary N) is 2. The summed E-state index contributed by atoms with van der Waals surface area (Å²) in [5, 5.41) is 5.43. The van der Waals surface area contributed by atoms with Crippen LogP contribution in [-0.4, -0.2) is 30.9 Å². The van der Waals surface area contributed by atoms with Crippen molar-refractivity contribution < 1.29 is 9.59 Å². The topological polar surface area (TPSA) is 84.2 Å². The second-order valence-corrected chi connectivity index (χ2v) is 4.40. The van der Waals surface area contributed by atoms with Crippen molar-refractivity contribution in [3.63, 3.8) is 0 Å². The molecule has 0 aliphatic rings. The van der Waals surface area contributed by atoms with Crippen molar-refractivity contribution in [3.05, 3.63) is 0 Å². The van der Waals surface area contributed by atoms with Crippen molar-refractivity contribution >= 4 is 11.8 Å². The van der Waals surface area contributed by atoms with Crippen LogP contribution in [0.25, 0.3) is 0 Å². The quantitative estimate of drug-likeness (QED) is 0.574. The molecule has 0 heterocycles. The molecular weight excluding hydrogens is 206 g/mol. The van der Waals surface area contributed by atoms with Crippen molar-refractivity contribution in [1.82, 2.24) is 10.6 Å². The number of hydrogen-bond donors (Lipinski definition) is 3. The Kier molecular flexibility index (Phi) is 7.54. The summed E-state index contributed by atoms with van der Waals surface area (Å²) in [6, 6.07) is -0.0149. The lowest BCUT2D eigenvalue weighted by atomic mass is 10.1. The van der Waals surface area contributed by atoms with E-state index in [0.29, 0.717) is 31.8 Å². The molecule has 0 aromatic rings. The second kappa shape index (κ2) is 8.10. The molecule has 0 aromatic heterocycles. The van der Waals surface area contributed by atoms with Gasteiger partial charge in [0.05, 0.1) is 0 Å². The molecule has 1 atom stereocenters. The molecule has 0 aliphatic carbocycles. The van der Waals surface area contributed by atoms with Crippen LogP contribution in [0.5, 0.6) is 0 Å². The minimum atomic E-state index is -0.0807. The second-order valence-electron chi connectivity index (χ2n) is 4.40. The lowest BCUT2D eigenvalue weighted by Crippen LogP contribution is -2.39. The van der Waals surface area contributed by atoms with E-state index in [4.69, 9.17) is 5.73 Å². The average Bonchev–Trinajstić information content (AvgIpc) is 2.16. The van der Waals surface area contributed by atoms with Crippen LogP contribution < -0.4 is 16.4 Å².